The highest BCUT2D eigenvalue weighted by Crippen LogP contribution is 2.43. The van der Waals surface area contributed by atoms with Crippen LogP contribution >= 0.6 is 0 Å². The molecule has 0 radical (unpaired) electrons. The van der Waals surface area contributed by atoms with Gasteiger partial charge in [-0.1, -0.05) is 40.0 Å². The van der Waals surface area contributed by atoms with Gasteiger partial charge >= 0.3 is 0 Å². The normalized spacial score (nSPS) is 33.2. The number of hydrogen-bond acceptors (Lipinski definition) is 1. The second kappa shape index (κ2) is 5.75. The molecule has 2 unspecified atom stereocenters. The van der Waals surface area contributed by atoms with Crippen LogP contribution in [0.2, 0.25) is 0 Å². The van der Waals surface area contributed by atoms with Crippen molar-refractivity contribution in [2.75, 3.05) is 13.1 Å². The quantitative estimate of drug-likeness (QED) is 0.710. The van der Waals surface area contributed by atoms with Crippen LogP contribution in [0.5, 0.6) is 0 Å². The molecule has 1 aliphatic rings. The first-order valence-corrected chi connectivity index (χ1v) is 6.49. The molecule has 1 aliphatic heterocycles. The molecule has 0 aromatic rings. The van der Waals surface area contributed by atoms with Gasteiger partial charge in [0.05, 0.1) is 0 Å². The minimum atomic E-state index is 0.677. The van der Waals surface area contributed by atoms with E-state index in [1.807, 2.05) is 0 Å². The van der Waals surface area contributed by atoms with E-state index in [9.17, 15) is 0 Å². The van der Waals surface area contributed by atoms with Gasteiger partial charge in [0.15, 0.2) is 0 Å². The fourth-order valence-electron chi connectivity index (χ4n) is 3.26. The lowest BCUT2D eigenvalue weighted by atomic mass is 9.65. The third-order valence-electron chi connectivity index (χ3n) is 4.15. The Morgan fingerprint density at radius 2 is 2.00 bits per heavy atom. The van der Waals surface area contributed by atoms with E-state index in [4.69, 9.17) is 0 Å². The third-order valence-corrected chi connectivity index (χ3v) is 4.15. The van der Waals surface area contributed by atoms with E-state index in [-0.39, 0.29) is 0 Å². The van der Waals surface area contributed by atoms with E-state index >= 15 is 0 Å². The molecule has 1 fully saturated rings. The molecular formula is C13H27N. The third kappa shape index (κ3) is 2.50. The van der Waals surface area contributed by atoms with E-state index < -0.39 is 0 Å². The molecule has 84 valence electrons. The van der Waals surface area contributed by atoms with Crippen molar-refractivity contribution in [2.45, 2.75) is 59.3 Å². The monoisotopic (exact) mass is 197 g/mol. The predicted octanol–water partition coefficient (Wildman–Crippen LogP) is 3.59. The molecule has 2 atom stereocenters. The summed E-state index contributed by atoms with van der Waals surface area (Å²) in [4.78, 5) is 0. The summed E-state index contributed by atoms with van der Waals surface area (Å²) in [6, 6.07) is 0. The van der Waals surface area contributed by atoms with Crippen molar-refractivity contribution in [3.8, 4) is 0 Å². The zero-order valence-corrected chi connectivity index (χ0v) is 10.2. The second-order valence-corrected chi connectivity index (χ2v) is 4.91. The van der Waals surface area contributed by atoms with Crippen molar-refractivity contribution in [2.24, 2.45) is 11.3 Å². The summed E-state index contributed by atoms with van der Waals surface area (Å²) in [5.74, 6) is 0.936. The molecule has 1 nitrogen and oxygen atoms in total. The minimum absolute atomic E-state index is 0.677. The number of hydrogen-bond donors (Lipinski definition) is 1. The molecule has 1 heterocycles. The smallest absolute Gasteiger partial charge is 0.00152 e. The summed E-state index contributed by atoms with van der Waals surface area (Å²) in [5.41, 5.74) is 0.677. The highest BCUT2D eigenvalue weighted by Gasteiger charge is 2.37. The Hall–Kier alpha value is -0.0400. The van der Waals surface area contributed by atoms with Gasteiger partial charge in [-0.3, -0.25) is 0 Å². The average molecular weight is 197 g/mol. The molecule has 1 N–H and O–H groups in total. The van der Waals surface area contributed by atoms with E-state index in [1.165, 1.54) is 51.6 Å². The van der Waals surface area contributed by atoms with Gasteiger partial charge in [0.25, 0.3) is 0 Å². The van der Waals surface area contributed by atoms with E-state index in [0.29, 0.717) is 5.41 Å². The highest BCUT2D eigenvalue weighted by molar-refractivity contribution is 4.90. The van der Waals surface area contributed by atoms with Crippen LogP contribution in [0.15, 0.2) is 0 Å². The van der Waals surface area contributed by atoms with Crippen molar-refractivity contribution in [1.82, 2.24) is 5.32 Å². The van der Waals surface area contributed by atoms with Crippen LogP contribution in [-0.4, -0.2) is 13.1 Å². The molecule has 14 heavy (non-hydrogen) atoms. The number of nitrogens with one attached hydrogen (secondary N) is 1. The standard InChI is InChI=1S/C13H27N/c1-4-7-12-11-14-10-9-13(12,6-3)8-5-2/h12,14H,4-11H2,1-3H3. The molecule has 0 aromatic heterocycles. The Balaban J connectivity index is 2.65. The lowest BCUT2D eigenvalue weighted by Gasteiger charge is -2.44. The fraction of sp³-hybridized carbons (Fsp3) is 1.00. The first kappa shape index (κ1) is 12.0. The van der Waals surface area contributed by atoms with Crippen molar-refractivity contribution in [3.63, 3.8) is 0 Å². The van der Waals surface area contributed by atoms with Crippen LogP contribution in [0.3, 0.4) is 0 Å². The van der Waals surface area contributed by atoms with Crippen LogP contribution in [0.1, 0.15) is 59.3 Å². The van der Waals surface area contributed by atoms with Gasteiger partial charge in [-0.25, -0.2) is 0 Å². The minimum Gasteiger partial charge on any atom is -0.316 e. The molecule has 1 rings (SSSR count). The van der Waals surface area contributed by atoms with E-state index in [0.717, 1.165) is 5.92 Å². The lowest BCUT2D eigenvalue weighted by molar-refractivity contribution is 0.0814. The fourth-order valence-corrected chi connectivity index (χ4v) is 3.26. The number of piperidine rings is 1. The van der Waals surface area contributed by atoms with Gasteiger partial charge < -0.3 is 5.32 Å². The predicted molar refractivity (Wildman–Crippen MR) is 63.5 cm³/mol. The largest absolute Gasteiger partial charge is 0.316 e. The van der Waals surface area contributed by atoms with Crippen molar-refractivity contribution >= 4 is 0 Å². The molecule has 1 heteroatoms. The van der Waals surface area contributed by atoms with Crippen LogP contribution in [-0.2, 0) is 0 Å². The van der Waals surface area contributed by atoms with Crippen molar-refractivity contribution in [3.05, 3.63) is 0 Å². The molecule has 0 amide bonds. The maximum atomic E-state index is 3.57. The molecule has 0 bridgehead atoms. The van der Waals surface area contributed by atoms with Crippen molar-refractivity contribution in [1.29, 1.82) is 0 Å². The van der Waals surface area contributed by atoms with E-state index in [1.54, 1.807) is 0 Å². The Bertz CT molecular complexity index is 149. The molecule has 0 spiro atoms. The number of rotatable bonds is 5. The van der Waals surface area contributed by atoms with Gasteiger partial charge in [-0.2, -0.15) is 0 Å². The Labute approximate surface area is 89.7 Å². The lowest BCUT2D eigenvalue weighted by Crippen LogP contribution is -2.44. The summed E-state index contributed by atoms with van der Waals surface area (Å²) in [5, 5.41) is 3.57. The Morgan fingerprint density at radius 3 is 2.57 bits per heavy atom. The summed E-state index contributed by atoms with van der Waals surface area (Å²) in [7, 11) is 0. The molecule has 0 aliphatic carbocycles. The van der Waals surface area contributed by atoms with Gasteiger partial charge in [-0.15, -0.1) is 0 Å². The zero-order chi connectivity index (χ0) is 10.4. The summed E-state index contributed by atoms with van der Waals surface area (Å²) in [6.45, 7) is 9.56. The van der Waals surface area contributed by atoms with Gasteiger partial charge in [0, 0.05) is 0 Å². The molecule has 0 saturated carbocycles. The average Bonchev–Trinajstić information content (AvgIpc) is 2.22. The van der Waals surface area contributed by atoms with Crippen molar-refractivity contribution < 1.29 is 0 Å². The van der Waals surface area contributed by atoms with Gasteiger partial charge in [0.2, 0.25) is 0 Å². The summed E-state index contributed by atoms with van der Waals surface area (Å²) in [6.07, 6.45) is 8.34. The maximum absolute atomic E-state index is 3.57. The summed E-state index contributed by atoms with van der Waals surface area (Å²) >= 11 is 0. The van der Waals surface area contributed by atoms with Gasteiger partial charge in [-0.05, 0) is 43.7 Å². The topological polar surface area (TPSA) is 12.0 Å². The van der Waals surface area contributed by atoms with E-state index in [2.05, 4.69) is 26.1 Å². The highest BCUT2D eigenvalue weighted by atomic mass is 14.9. The van der Waals surface area contributed by atoms with Crippen LogP contribution < -0.4 is 5.32 Å². The SMILES string of the molecule is CCCC1CNCCC1(CC)CCC. The Morgan fingerprint density at radius 1 is 1.21 bits per heavy atom. The molecular weight excluding hydrogens is 170 g/mol. The maximum Gasteiger partial charge on any atom is -0.00152 e. The van der Waals surface area contributed by atoms with Gasteiger partial charge in [0.1, 0.15) is 0 Å². The molecule has 1 saturated heterocycles. The van der Waals surface area contributed by atoms with Crippen LogP contribution in [0.25, 0.3) is 0 Å². The second-order valence-electron chi connectivity index (χ2n) is 4.91. The summed E-state index contributed by atoms with van der Waals surface area (Å²) < 4.78 is 0. The first-order chi connectivity index (χ1) is 6.79. The van der Waals surface area contributed by atoms with Crippen LogP contribution in [0, 0.1) is 11.3 Å². The molecule has 0 aromatic carbocycles. The first-order valence-electron chi connectivity index (χ1n) is 6.49. The Kier molecular flexibility index (Phi) is 4.94. The van der Waals surface area contributed by atoms with Crippen LogP contribution in [0.4, 0.5) is 0 Å². The zero-order valence-electron chi connectivity index (χ0n) is 10.2.